The summed E-state index contributed by atoms with van der Waals surface area (Å²) in [7, 11) is -3.48. The largest absolute Gasteiger partial charge is 0.493 e. The lowest BCUT2D eigenvalue weighted by Crippen LogP contribution is -2.47. The summed E-state index contributed by atoms with van der Waals surface area (Å²) in [5.41, 5.74) is 3.36. The molecule has 0 saturated carbocycles. The number of ether oxygens (including phenoxy) is 1. The lowest BCUT2D eigenvalue weighted by molar-refractivity contribution is -0.169. The Hall–Kier alpha value is -2.59. The number of carbonyl (C=O) groups excluding carboxylic acids is 1. The van der Waals surface area contributed by atoms with Crippen LogP contribution < -0.4 is 9.64 Å². The van der Waals surface area contributed by atoms with Gasteiger partial charge in [0.15, 0.2) is 0 Å². The van der Waals surface area contributed by atoms with E-state index in [1.165, 1.54) is 23.3 Å². The summed E-state index contributed by atoms with van der Waals surface area (Å²) in [6.07, 6.45) is -3.14. The number of nitrogens with zero attached hydrogens (tertiary/aromatic N) is 3. The number of hydrogen-bond donors (Lipinski definition) is 0. The molecule has 2 atom stereocenters. The average molecular weight is 482 g/mol. The molecule has 0 N–H and O–H groups in total. The zero-order valence-corrected chi connectivity index (χ0v) is 19.3. The molecule has 2 aromatic carbocycles. The van der Waals surface area contributed by atoms with Gasteiger partial charge in [-0.25, -0.2) is 4.21 Å². The van der Waals surface area contributed by atoms with Crippen LogP contribution in [0.2, 0.25) is 0 Å². The molecule has 0 aliphatic carbocycles. The fraction of sp³-hybridized carbons (Fsp3) is 0.435. The number of halogens is 3. The third-order valence-electron chi connectivity index (χ3n) is 6.20. The summed E-state index contributed by atoms with van der Waals surface area (Å²) in [6, 6.07) is 13.1. The number of fused-ring (bicyclic) bond motifs is 1. The number of anilines is 1. The Morgan fingerprint density at radius 1 is 1.09 bits per heavy atom. The Balaban J connectivity index is 1.39. The van der Waals surface area contributed by atoms with Gasteiger partial charge in [0.05, 0.1) is 16.3 Å². The molecular weight excluding hydrogens is 455 g/mol. The molecule has 0 aromatic heterocycles. The van der Waals surface area contributed by atoms with Crippen molar-refractivity contribution >= 4 is 21.3 Å². The highest BCUT2D eigenvalue weighted by Crippen LogP contribution is 2.31. The zero-order valence-electron chi connectivity index (χ0n) is 18.5. The highest BCUT2D eigenvalue weighted by Gasteiger charge is 2.39. The SMILES string of the molecule is CC(c1ccc2c(c1)OCC2)N1CCN(c2ccc(S(C)(=O)=NC(=O)C(F)(F)F)cc2)CC1. The number of rotatable bonds is 4. The second-order valence-electron chi connectivity index (χ2n) is 8.36. The van der Waals surface area contributed by atoms with Gasteiger partial charge in [0, 0.05) is 55.5 Å². The second-order valence-corrected chi connectivity index (χ2v) is 10.6. The normalized spacial score (nSPS) is 19.4. The predicted octanol–water partition coefficient (Wildman–Crippen LogP) is 4.05. The van der Waals surface area contributed by atoms with Crippen molar-refractivity contribution in [3.8, 4) is 5.75 Å². The van der Waals surface area contributed by atoms with Gasteiger partial charge in [0.2, 0.25) is 0 Å². The van der Waals surface area contributed by atoms with E-state index < -0.39 is 21.8 Å². The van der Waals surface area contributed by atoms with Gasteiger partial charge in [-0.2, -0.15) is 13.2 Å². The van der Waals surface area contributed by atoms with Gasteiger partial charge in [-0.1, -0.05) is 12.1 Å². The summed E-state index contributed by atoms with van der Waals surface area (Å²) in [5.74, 6) is -1.35. The molecule has 1 amide bonds. The summed E-state index contributed by atoms with van der Waals surface area (Å²) in [6.45, 7) is 6.18. The maximum atomic E-state index is 12.5. The van der Waals surface area contributed by atoms with Gasteiger partial charge in [0.25, 0.3) is 0 Å². The fourth-order valence-corrected chi connectivity index (χ4v) is 5.36. The van der Waals surface area contributed by atoms with E-state index >= 15 is 0 Å². The molecule has 2 aliphatic rings. The molecule has 178 valence electrons. The van der Waals surface area contributed by atoms with Gasteiger partial charge in [0.1, 0.15) is 5.75 Å². The van der Waals surface area contributed by atoms with Crippen molar-refractivity contribution in [1.29, 1.82) is 0 Å². The number of piperazine rings is 1. The van der Waals surface area contributed by atoms with Crippen LogP contribution in [-0.2, 0) is 20.9 Å². The molecule has 4 rings (SSSR count). The monoisotopic (exact) mass is 481 g/mol. The van der Waals surface area contributed by atoms with E-state index in [4.69, 9.17) is 4.74 Å². The van der Waals surface area contributed by atoms with Gasteiger partial charge >= 0.3 is 12.1 Å². The molecule has 6 nitrogen and oxygen atoms in total. The Morgan fingerprint density at radius 2 is 1.76 bits per heavy atom. The van der Waals surface area contributed by atoms with Crippen molar-refractivity contribution in [1.82, 2.24) is 4.90 Å². The van der Waals surface area contributed by atoms with Crippen LogP contribution in [0.25, 0.3) is 0 Å². The molecule has 2 aromatic rings. The number of benzene rings is 2. The number of hydrogen-bond acceptors (Lipinski definition) is 5. The molecule has 2 heterocycles. The highest BCUT2D eigenvalue weighted by molar-refractivity contribution is 7.93. The Labute approximate surface area is 191 Å². The third-order valence-corrected chi connectivity index (χ3v) is 7.86. The first-order valence-corrected chi connectivity index (χ1v) is 12.6. The smallest absolute Gasteiger partial charge is 0.474 e. The topological polar surface area (TPSA) is 62.2 Å². The summed E-state index contributed by atoms with van der Waals surface area (Å²) >= 11 is 0. The third kappa shape index (κ3) is 5.16. The minimum Gasteiger partial charge on any atom is -0.493 e. The zero-order chi connectivity index (χ0) is 23.8. The maximum Gasteiger partial charge on any atom is 0.474 e. The fourth-order valence-electron chi connectivity index (χ4n) is 4.19. The average Bonchev–Trinajstić information content (AvgIpc) is 3.26. The van der Waals surface area contributed by atoms with Gasteiger partial charge in [-0.05, 0) is 48.4 Å². The number of amides is 1. The van der Waals surface area contributed by atoms with E-state index in [9.17, 15) is 22.2 Å². The summed E-state index contributed by atoms with van der Waals surface area (Å²) < 4.78 is 58.6. The minimum absolute atomic E-state index is 0.0925. The van der Waals surface area contributed by atoms with Gasteiger partial charge in [-0.3, -0.25) is 9.69 Å². The summed E-state index contributed by atoms with van der Waals surface area (Å²) in [5, 5.41) is 0. The standard InChI is InChI=1S/C23H26F3N3O3S/c1-16(18-4-3-17-9-14-32-21(17)15-18)28-10-12-29(13-11-28)19-5-7-20(8-6-19)33(2,31)27-22(30)23(24,25)26/h3-8,15-16H,9-14H2,1-2H3. The molecule has 1 saturated heterocycles. The molecule has 2 unspecified atom stereocenters. The lowest BCUT2D eigenvalue weighted by Gasteiger charge is -2.39. The minimum atomic E-state index is -5.14. The first-order chi connectivity index (χ1) is 15.5. The van der Waals surface area contributed by atoms with Crippen molar-refractivity contribution in [2.45, 2.75) is 30.5 Å². The lowest BCUT2D eigenvalue weighted by atomic mass is 10.0. The van der Waals surface area contributed by atoms with Gasteiger partial charge < -0.3 is 9.64 Å². The van der Waals surface area contributed by atoms with E-state index in [1.807, 2.05) is 0 Å². The van der Waals surface area contributed by atoms with Crippen LogP contribution >= 0.6 is 0 Å². The summed E-state index contributed by atoms with van der Waals surface area (Å²) in [4.78, 5) is 15.8. The Morgan fingerprint density at radius 3 is 2.39 bits per heavy atom. The van der Waals surface area contributed by atoms with Crippen LogP contribution in [0.4, 0.5) is 18.9 Å². The number of carbonyl (C=O) groups is 1. The molecule has 33 heavy (non-hydrogen) atoms. The van der Waals surface area contributed by atoms with E-state index in [1.54, 1.807) is 12.1 Å². The highest BCUT2D eigenvalue weighted by atomic mass is 32.2. The van der Waals surface area contributed by atoms with Crippen LogP contribution in [0.1, 0.15) is 24.1 Å². The molecule has 10 heteroatoms. The molecular formula is C23H26F3N3O3S. The van der Waals surface area contributed by atoms with Crippen molar-refractivity contribution in [3.05, 3.63) is 53.6 Å². The van der Waals surface area contributed by atoms with Crippen LogP contribution in [-0.4, -0.2) is 60.2 Å². The first-order valence-electron chi connectivity index (χ1n) is 10.7. The van der Waals surface area contributed by atoms with Crippen molar-refractivity contribution in [3.63, 3.8) is 0 Å². The Kier molecular flexibility index (Phi) is 6.41. The molecule has 2 aliphatic heterocycles. The first kappa shape index (κ1) is 23.6. The van der Waals surface area contributed by atoms with Crippen molar-refractivity contribution in [2.75, 3.05) is 43.9 Å². The van der Waals surface area contributed by atoms with Crippen LogP contribution in [0, 0.1) is 0 Å². The second kappa shape index (κ2) is 8.98. The van der Waals surface area contributed by atoms with E-state index in [0.717, 1.165) is 56.9 Å². The van der Waals surface area contributed by atoms with Crippen LogP contribution in [0.15, 0.2) is 51.7 Å². The molecule has 0 radical (unpaired) electrons. The van der Waals surface area contributed by atoms with Crippen LogP contribution in [0.3, 0.4) is 0 Å². The van der Waals surface area contributed by atoms with Crippen LogP contribution in [0.5, 0.6) is 5.75 Å². The van der Waals surface area contributed by atoms with E-state index in [2.05, 4.69) is 39.3 Å². The van der Waals surface area contributed by atoms with Crippen molar-refractivity contribution in [2.24, 2.45) is 4.36 Å². The van der Waals surface area contributed by atoms with Crippen molar-refractivity contribution < 1.29 is 26.9 Å². The molecule has 1 fully saturated rings. The Bertz CT molecular complexity index is 1150. The van der Waals surface area contributed by atoms with Gasteiger partial charge in [-0.15, -0.1) is 4.36 Å². The quantitative estimate of drug-likeness (QED) is 0.660. The van der Waals surface area contributed by atoms with E-state index in [-0.39, 0.29) is 10.9 Å². The maximum absolute atomic E-state index is 12.5. The van der Waals surface area contributed by atoms with E-state index in [0.29, 0.717) is 0 Å². The predicted molar refractivity (Wildman–Crippen MR) is 120 cm³/mol. The molecule has 0 spiro atoms. The molecule has 0 bridgehead atoms. The number of alkyl halides is 3.